The maximum Gasteiger partial charge on any atom is 0.333 e. The minimum absolute atomic E-state index is 0.0198. The van der Waals surface area contributed by atoms with Crippen molar-refractivity contribution in [1.29, 1.82) is 0 Å². The van der Waals surface area contributed by atoms with Gasteiger partial charge in [-0.1, -0.05) is 18.2 Å². The molecule has 0 saturated heterocycles. The standard InChI is InChI=1S/C22H21N3O6S/c1-23-20(26)18(21(27)24(2)22(23)28)11-14-13-25(19-10-9-15(31-3)12-17(14)19)32(29,30)16-7-5-4-6-8-16/h4-10,12-13,26H,11H2,1-3H3. The molecule has 4 aromatic rings. The highest BCUT2D eigenvalue weighted by Gasteiger charge is 2.23. The molecule has 2 heterocycles. The van der Waals surface area contributed by atoms with Gasteiger partial charge in [-0.25, -0.2) is 17.2 Å². The van der Waals surface area contributed by atoms with Crippen LogP contribution in [0.3, 0.4) is 0 Å². The first-order chi connectivity index (χ1) is 15.2. The summed E-state index contributed by atoms with van der Waals surface area (Å²) in [7, 11) is 0.241. The van der Waals surface area contributed by atoms with E-state index in [2.05, 4.69) is 0 Å². The van der Waals surface area contributed by atoms with Crippen LogP contribution in [-0.4, -0.2) is 33.7 Å². The van der Waals surface area contributed by atoms with Crippen LogP contribution in [0.1, 0.15) is 11.1 Å². The number of hydrogen-bond acceptors (Lipinski definition) is 6. The van der Waals surface area contributed by atoms with Crippen LogP contribution in [0.4, 0.5) is 0 Å². The number of ether oxygens (including phenoxy) is 1. The Labute approximate surface area is 183 Å². The van der Waals surface area contributed by atoms with Crippen molar-refractivity contribution in [3.63, 3.8) is 0 Å². The third-order valence-electron chi connectivity index (χ3n) is 5.45. The molecular formula is C22H21N3O6S. The fraction of sp³-hybridized carbons (Fsp3) is 0.182. The van der Waals surface area contributed by atoms with Crippen LogP contribution in [0.5, 0.6) is 11.6 Å². The molecular weight excluding hydrogens is 434 g/mol. The summed E-state index contributed by atoms with van der Waals surface area (Å²) in [5.41, 5.74) is -0.462. The fourth-order valence-corrected chi connectivity index (χ4v) is 5.08. The van der Waals surface area contributed by atoms with E-state index in [1.807, 2.05) is 0 Å². The molecule has 1 N–H and O–H groups in total. The fourth-order valence-electron chi connectivity index (χ4n) is 3.67. The summed E-state index contributed by atoms with van der Waals surface area (Å²) in [4.78, 5) is 24.9. The molecule has 0 saturated carbocycles. The molecule has 9 nitrogen and oxygen atoms in total. The van der Waals surface area contributed by atoms with Crippen LogP contribution in [0, 0.1) is 0 Å². The number of methoxy groups -OCH3 is 1. The van der Waals surface area contributed by atoms with Gasteiger partial charge in [-0.05, 0) is 35.9 Å². The highest BCUT2D eigenvalue weighted by atomic mass is 32.2. The zero-order chi connectivity index (χ0) is 23.2. The van der Waals surface area contributed by atoms with Crippen molar-refractivity contribution in [3.8, 4) is 11.6 Å². The molecule has 0 aliphatic carbocycles. The van der Waals surface area contributed by atoms with E-state index < -0.39 is 27.2 Å². The second-order valence-corrected chi connectivity index (χ2v) is 9.15. The first-order valence-electron chi connectivity index (χ1n) is 9.63. The zero-order valence-corrected chi connectivity index (χ0v) is 18.5. The molecule has 10 heteroatoms. The lowest BCUT2D eigenvalue weighted by Gasteiger charge is -2.10. The van der Waals surface area contributed by atoms with E-state index in [1.54, 1.807) is 36.4 Å². The Morgan fingerprint density at radius 3 is 2.34 bits per heavy atom. The average molecular weight is 455 g/mol. The summed E-state index contributed by atoms with van der Waals surface area (Å²) in [6.07, 6.45) is 1.34. The van der Waals surface area contributed by atoms with Gasteiger partial charge in [-0.3, -0.25) is 13.9 Å². The van der Waals surface area contributed by atoms with Crippen molar-refractivity contribution in [2.45, 2.75) is 11.3 Å². The topological polar surface area (TPSA) is 113 Å². The molecule has 0 amide bonds. The van der Waals surface area contributed by atoms with E-state index in [0.29, 0.717) is 22.2 Å². The molecule has 0 radical (unpaired) electrons. The number of aromatic hydroxyl groups is 1. The Kier molecular flexibility index (Phi) is 5.17. The molecule has 2 aromatic carbocycles. The largest absolute Gasteiger partial charge is 0.497 e. The van der Waals surface area contributed by atoms with Gasteiger partial charge in [0.05, 0.1) is 23.1 Å². The van der Waals surface area contributed by atoms with Crippen molar-refractivity contribution in [2.24, 2.45) is 14.1 Å². The predicted molar refractivity (Wildman–Crippen MR) is 119 cm³/mol. The third-order valence-corrected chi connectivity index (χ3v) is 7.14. The Balaban J connectivity index is 1.98. The second-order valence-electron chi connectivity index (χ2n) is 7.34. The van der Waals surface area contributed by atoms with Gasteiger partial charge >= 0.3 is 5.69 Å². The van der Waals surface area contributed by atoms with Gasteiger partial charge in [-0.2, -0.15) is 0 Å². The number of fused-ring (bicyclic) bond motifs is 1. The molecule has 2 aromatic heterocycles. The Hall–Kier alpha value is -3.79. The lowest BCUT2D eigenvalue weighted by molar-refractivity contribution is 0.404. The van der Waals surface area contributed by atoms with Crippen LogP contribution >= 0.6 is 0 Å². The third kappa shape index (κ3) is 3.28. The zero-order valence-electron chi connectivity index (χ0n) is 17.6. The number of nitrogens with zero attached hydrogens (tertiary/aromatic N) is 3. The van der Waals surface area contributed by atoms with Crippen LogP contribution in [0.15, 0.2) is 69.2 Å². The summed E-state index contributed by atoms with van der Waals surface area (Å²) >= 11 is 0. The van der Waals surface area contributed by atoms with Gasteiger partial charge in [0.25, 0.3) is 15.6 Å². The summed E-state index contributed by atoms with van der Waals surface area (Å²) in [6.45, 7) is 0. The SMILES string of the molecule is COc1ccc2c(c1)c(Cc1c(O)n(C)c(=O)n(C)c1=O)cn2S(=O)(=O)c1ccccc1. The number of hydrogen-bond donors (Lipinski definition) is 1. The molecule has 32 heavy (non-hydrogen) atoms. The number of benzene rings is 2. The van der Waals surface area contributed by atoms with E-state index in [-0.39, 0.29) is 16.9 Å². The normalized spacial score (nSPS) is 11.7. The lowest BCUT2D eigenvalue weighted by atomic mass is 10.1. The highest BCUT2D eigenvalue weighted by Crippen LogP contribution is 2.31. The minimum atomic E-state index is -3.93. The van der Waals surface area contributed by atoms with Crippen molar-refractivity contribution in [3.05, 3.63) is 86.7 Å². The van der Waals surface area contributed by atoms with Crippen LogP contribution in [-0.2, 0) is 30.5 Å². The van der Waals surface area contributed by atoms with Crippen LogP contribution in [0.25, 0.3) is 10.9 Å². The van der Waals surface area contributed by atoms with E-state index in [1.165, 1.54) is 39.5 Å². The van der Waals surface area contributed by atoms with E-state index in [9.17, 15) is 23.1 Å². The van der Waals surface area contributed by atoms with Crippen LogP contribution in [0.2, 0.25) is 0 Å². The first-order valence-corrected chi connectivity index (χ1v) is 11.1. The van der Waals surface area contributed by atoms with E-state index in [4.69, 9.17) is 4.74 Å². The van der Waals surface area contributed by atoms with Gasteiger partial charge in [0.15, 0.2) is 0 Å². The van der Waals surface area contributed by atoms with Crippen molar-refractivity contribution < 1.29 is 18.3 Å². The smallest absolute Gasteiger partial charge is 0.333 e. The van der Waals surface area contributed by atoms with Gasteiger partial charge in [0.2, 0.25) is 5.88 Å². The van der Waals surface area contributed by atoms with Gasteiger partial charge in [0.1, 0.15) is 5.75 Å². The molecule has 0 aliphatic heterocycles. The molecule has 166 valence electrons. The predicted octanol–water partition coefficient (Wildman–Crippen LogP) is 1.58. The van der Waals surface area contributed by atoms with E-state index >= 15 is 0 Å². The first kappa shape index (κ1) is 21.4. The van der Waals surface area contributed by atoms with Gasteiger partial charge < -0.3 is 9.84 Å². The Bertz CT molecular complexity index is 1560. The molecule has 4 rings (SSSR count). The monoisotopic (exact) mass is 455 g/mol. The number of aromatic nitrogens is 3. The van der Waals surface area contributed by atoms with Crippen molar-refractivity contribution in [2.75, 3.05) is 7.11 Å². The molecule has 0 atom stereocenters. The Morgan fingerprint density at radius 2 is 1.69 bits per heavy atom. The Morgan fingerprint density at radius 1 is 1.00 bits per heavy atom. The molecule has 0 fully saturated rings. The lowest BCUT2D eigenvalue weighted by Crippen LogP contribution is -2.38. The average Bonchev–Trinajstić information content (AvgIpc) is 3.18. The highest BCUT2D eigenvalue weighted by molar-refractivity contribution is 7.90. The van der Waals surface area contributed by atoms with Crippen molar-refractivity contribution in [1.82, 2.24) is 13.1 Å². The molecule has 0 bridgehead atoms. The molecule has 0 aliphatic rings. The van der Waals surface area contributed by atoms with E-state index in [0.717, 1.165) is 13.1 Å². The van der Waals surface area contributed by atoms with Gasteiger partial charge in [0, 0.05) is 32.1 Å². The van der Waals surface area contributed by atoms with Crippen molar-refractivity contribution >= 4 is 20.9 Å². The maximum atomic E-state index is 13.3. The molecule has 0 unspecified atom stereocenters. The quantitative estimate of drug-likeness (QED) is 0.489. The summed E-state index contributed by atoms with van der Waals surface area (Å²) < 4.78 is 35.0. The summed E-state index contributed by atoms with van der Waals surface area (Å²) in [5, 5.41) is 11.0. The van der Waals surface area contributed by atoms with Gasteiger partial charge in [-0.15, -0.1) is 0 Å². The second kappa shape index (κ2) is 7.72. The summed E-state index contributed by atoms with van der Waals surface area (Å²) in [5.74, 6) is 0.0407. The minimum Gasteiger partial charge on any atom is -0.497 e. The maximum absolute atomic E-state index is 13.3. The number of rotatable bonds is 5. The summed E-state index contributed by atoms with van der Waals surface area (Å²) in [6, 6.07) is 12.9. The van der Waals surface area contributed by atoms with Crippen LogP contribution < -0.4 is 16.0 Å². The molecule has 0 spiro atoms.